The van der Waals surface area contributed by atoms with Crippen molar-refractivity contribution in [2.45, 2.75) is 12.3 Å². The van der Waals surface area contributed by atoms with Gasteiger partial charge in [-0.15, -0.1) is 0 Å². The molecule has 2 N–H and O–H groups in total. The first kappa shape index (κ1) is 11.7. The summed E-state index contributed by atoms with van der Waals surface area (Å²) in [5, 5.41) is 20.4. The van der Waals surface area contributed by atoms with E-state index in [1.54, 1.807) is 0 Å². The van der Waals surface area contributed by atoms with E-state index >= 15 is 0 Å². The number of hydrogen-bond donors (Lipinski definition) is 2. The van der Waals surface area contributed by atoms with Crippen LogP contribution in [0.3, 0.4) is 0 Å². The van der Waals surface area contributed by atoms with Gasteiger partial charge in [0.1, 0.15) is 0 Å². The molecule has 0 aliphatic heterocycles. The highest BCUT2D eigenvalue weighted by atomic mass is 16.4. The lowest BCUT2D eigenvalue weighted by molar-refractivity contribution is -0.155. The summed E-state index contributed by atoms with van der Waals surface area (Å²) in [4.78, 5) is 22.4. The molecular weight excluding hydrogens is 244 g/mol. The number of carboxylic acid groups (broad SMARTS) is 2. The summed E-state index contributed by atoms with van der Waals surface area (Å²) in [5.41, 5.74) is 1.87. The van der Waals surface area contributed by atoms with Crippen molar-refractivity contribution in [1.82, 2.24) is 0 Å². The van der Waals surface area contributed by atoms with Crippen LogP contribution in [-0.4, -0.2) is 22.2 Å². The molecule has 2 aromatic rings. The van der Waals surface area contributed by atoms with Gasteiger partial charge < -0.3 is 10.2 Å². The minimum Gasteiger partial charge on any atom is -0.481 e. The first-order valence-corrected chi connectivity index (χ1v) is 6.05. The fourth-order valence-corrected chi connectivity index (χ4v) is 3.02. The number of rotatable bonds is 3. The van der Waals surface area contributed by atoms with E-state index < -0.39 is 23.8 Å². The van der Waals surface area contributed by atoms with Crippen molar-refractivity contribution in [2.75, 3.05) is 0 Å². The molecule has 0 heterocycles. The second kappa shape index (κ2) is 4.09. The van der Waals surface area contributed by atoms with Crippen LogP contribution in [0.4, 0.5) is 0 Å². The fraction of sp³-hybridized carbons (Fsp3) is 0.200. The third-order valence-corrected chi connectivity index (χ3v) is 3.80. The van der Waals surface area contributed by atoms with Crippen LogP contribution >= 0.6 is 0 Å². The predicted octanol–water partition coefficient (Wildman–Crippen LogP) is 2.26. The van der Waals surface area contributed by atoms with Crippen LogP contribution in [0.15, 0.2) is 36.4 Å². The predicted molar refractivity (Wildman–Crippen MR) is 69.2 cm³/mol. The molecule has 0 aromatic heterocycles. The lowest BCUT2D eigenvalue weighted by atomic mass is 9.86. The van der Waals surface area contributed by atoms with Gasteiger partial charge in [-0.3, -0.25) is 9.59 Å². The van der Waals surface area contributed by atoms with Gasteiger partial charge in [0, 0.05) is 5.92 Å². The summed E-state index contributed by atoms with van der Waals surface area (Å²) in [7, 11) is 0. The molecule has 0 saturated carbocycles. The fourth-order valence-electron chi connectivity index (χ4n) is 3.02. The average molecular weight is 256 g/mol. The summed E-state index contributed by atoms with van der Waals surface area (Å²) in [6.07, 6.45) is 0.472. The molecule has 0 fully saturated rings. The third kappa shape index (κ3) is 1.68. The minimum absolute atomic E-state index is 0.472. The first-order valence-electron chi connectivity index (χ1n) is 6.05. The SMILES string of the molecule is O=C(O)C(C(=O)O)C1Cc2cccc3cccc1c23. The molecule has 0 radical (unpaired) electrons. The van der Waals surface area contributed by atoms with E-state index in [0.29, 0.717) is 6.42 Å². The number of benzene rings is 2. The van der Waals surface area contributed by atoms with Crippen molar-refractivity contribution in [3.05, 3.63) is 47.5 Å². The van der Waals surface area contributed by atoms with Gasteiger partial charge in [0.2, 0.25) is 0 Å². The van der Waals surface area contributed by atoms with Gasteiger partial charge in [-0.05, 0) is 28.3 Å². The standard InChI is InChI=1S/C15H12O4/c16-14(17)13(15(18)19)11-7-9-5-1-3-8-4-2-6-10(11)12(8)9/h1-6,11,13H,7H2,(H,16,17)(H,18,19). The Kier molecular flexibility index (Phi) is 2.52. The topological polar surface area (TPSA) is 74.6 Å². The van der Waals surface area contributed by atoms with Crippen LogP contribution in [0.25, 0.3) is 10.8 Å². The largest absolute Gasteiger partial charge is 0.481 e. The summed E-state index contributed by atoms with van der Waals surface area (Å²) >= 11 is 0. The van der Waals surface area contributed by atoms with E-state index in [4.69, 9.17) is 10.2 Å². The quantitative estimate of drug-likeness (QED) is 0.826. The van der Waals surface area contributed by atoms with Gasteiger partial charge in [0.15, 0.2) is 5.92 Å². The van der Waals surface area contributed by atoms with Crippen LogP contribution in [0.2, 0.25) is 0 Å². The monoisotopic (exact) mass is 256 g/mol. The summed E-state index contributed by atoms with van der Waals surface area (Å²) in [5.74, 6) is -4.43. The molecule has 2 aromatic carbocycles. The smallest absolute Gasteiger partial charge is 0.318 e. The molecule has 4 heteroatoms. The molecule has 1 aliphatic rings. The zero-order chi connectivity index (χ0) is 13.6. The maximum absolute atomic E-state index is 11.2. The van der Waals surface area contributed by atoms with Gasteiger partial charge in [-0.1, -0.05) is 36.4 Å². The van der Waals surface area contributed by atoms with Crippen molar-refractivity contribution in [1.29, 1.82) is 0 Å². The van der Waals surface area contributed by atoms with E-state index in [9.17, 15) is 9.59 Å². The van der Waals surface area contributed by atoms with E-state index in [2.05, 4.69) is 0 Å². The first-order chi connectivity index (χ1) is 9.09. The van der Waals surface area contributed by atoms with Crippen molar-refractivity contribution in [3.8, 4) is 0 Å². The van der Waals surface area contributed by atoms with Crippen molar-refractivity contribution in [2.24, 2.45) is 5.92 Å². The molecule has 0 amide bonds. The van der Waals surface area contributed by atoms with Gasteiger partial charge in [-0.2, -0.15) is 0 Å². The molecule has 0 bridgehead atoms. The Morgan fingerprint density at radius 3 is 2.32 bits per heavy atom. The highest BCUT2D eigenvalue weighted by molar-refractivity contribution is 5.98. The van der Waals surface area contributed by atoms with Crippen molar-refractivity contribution in [3.63, 3.8) is 0 Å². The zero-order valence-electron chi connectivity index (χ0n) is 10.0. The van der Waals surface area contributed by atoms with Crippen LogP contribution < -0.4 is 0 Å². The Morgan fingerprint density at radius 1 is 1.05 bits per heavy atom. The van der Waals surface area contributed by atoms with Gasteiger partial charge >= 0.3 is 11.9 Å². The van der Waals surface area contributed by atoms with E-state index in [1.165, 1.54) is 0 Å². The number of hydrogen-bond acceptors (Lipinski definition) is 2. The normalized spacial score (nSPS) is 17.0. The second-order valence-electron chi connectivity index (χ2n) is 4.83. The zero-order valence-corrected chi connectivity index (χ0v) is 10.0. The lowest BCUT2D eigenvalue weighted by Gasteiger charge is -2.16. The highest BCUT2D eigenvalue weighted by Gasteiger charge is 2.39. The molecule has 19 heavy (non-hydrogen) atoms. The maximum atomic E-state index is 11.2. The van der Waals surface area contributed by atoms with Gasteiger partial charge in [-0.25, -0.2) is 0 Å². The third-order valence-electron chi connectivity index (χ3n) is 3.80. The van der Waals surface area contributed by atoms with Crippen LogP contribution in [-0.2, 0) is 16.0 Å². The van der Waals surface area contributed by atoms with Crippen molar-refractivity contribution >= 4 is 22.7 Å². The van der Waals surface area contributed by atoms with E-state index in [0.717, 1.165) is 21.9 Å². The Balaban J connectivity index is 2.18. The average Bonchev–Trinajstić information content (AvgIpc) is 2.70. The Labute approximate surface area is 109 Å². The molecule has 0 spiro atoms. The molecular formula is C15H12O4. The Morgan fingerprint density at radius 2 is 1.68 bits per heavy atom. The lowest BCUT2D eigenvalue weighted by Crippen LogP contribution is -2.29. The van der Waals surface area contributed by atoms with Crippen LogP contribution in [0.5, 0.6) is 0 Å². The van der Waals surface area contributed by atoms with Gasteiger partial charge in [0.05, 0.1) is 0 Å². The van der Waals surface area contributed by atoms with E-state index in [1.807, 2.05) is 36.4 Å². The molecule has 1 unspecified atom stereocenters. The molecule has 1 atom stereocenters. The number of aliphatic carboxylic acids is 2. The Hall–Kier alpha value is -2.36. The molecule has 3 rings (SSSR count). The number of carboxylic acids is 2. The molecule has 4 nitrogen and oxygen atoms in total. The summed E-state index contributed by atoms with van der Waals surface area (Å²) in [6, 6.07) is 11.5. The Bertz CT molecular complexity index is 670. The summed E-state index contributed by atoms with van der Waals surface area (Å²) < 4.78 is 0. The summed E-state index contributed by atoms with van der Waals surface area (Å²) in [6.45, 7) is 0. The van der Waals surface area contributed by atoms with Crippen molar-refractivity contribution < 1.29 is 19.8 Å². The molecule has 96 valence electrons. The second-order valence-corrected chi connectivity index (χ2v) is 4.83. The van der Waals surface area contributed by atoms with Crippen LogP contribution in [0.1, 0.15) is 17.0 Å². The highest BCUT2D eigenvalue weighted by Crippen LogP contribution is 2.42. The van der Waals surface area contributed by atoms with Gasteiger partial charge in [0.25, 0.3) is 0 Å². The number of carbonyl (C=O) groups is 2. The van der Waals surface area contributed by atoms with E-state index in [-0.39, 0.29) is 0 Å². The van der Waals surface area contributed by atoms with Crippen LogP contribution in [0, 0.1) is 5.92 Å². The molecule has 0 saturated heterocycles. The maximum Gasteiger partial charge on any atom is 0.318 e. The minimum atomic E-state index is -1.39. The molecule has 1 aliphatic carbocycles.